The summed E-state index contributed by atoms with van der Waals surface area (Å²) >= 11 is 0. The van der Waals surface area contributed by atoms with Crippen molar-refractivity contribution in [3.63, 3.8) is 0 Å². The minimum absolute atomic E-state index is 0.550. The maximum atomic E-state index is 2.68. The number of benzene rings is 2. The summed E-state index contributed by atoms with van der Waals surface area (Å²) in [7, 11) is 0. The van der Waals surface area contributed by atoms with E-state index in [0.29, 0.717) is 12.1 Å². The van der Waals surface area contributed by atoms with Crippen LogP contribution >= 0.6 is 0 Å². The first kappa shape index (κ1) is 14.9. The lowest BCUT2D eigenvalue weighted by Crippen LogP contribution is -2.46. The van der Waals surface area contributed by atoms with Gasteiger partial charge in [-0.3, -0.25) is 0 Å². The highest BCUT2D eigenvalue weighted by Crippen LogP contribution is 2.40. The number of hydrazine groups is 1. The first-order valence-corrected chi connectivity index (χ1v) is 9.06. The summed E-state index contributed by atoms with van der Waals surface area (Å²) in [5.41, 5.74) is 2.95. The van der Waals surface area contributed by atoms with Crippen molar-refractivity contribution in [2.45, 2.75) is 44.2 Å². The van der Waals surface area contributed by atoms with Crippen molar-refractivity contribution in [2.24, 2.45) is 0 Å². The fourth-order valence-corrected chi connectivity index (χ4v) is 4.31. The summed E-state index contributed by atoms with van der Waals surface area (Å²) in [6.45, 7) is 2.39. The number of hydrogen-bond acceptors (Lipinski definition) is 2. The fourth-order valence-electron chi connectivity index (χ4n) is 4.31. The fraction of sp³-hybridized carbons (Fsp3) is 0.429. The van der Waals surface area contributed by atoms with E-state index in [-0.39, 0.29) is 0 Å². The van der Waals surface area contributed by atoms with Crippen LogP contribution in [0.5, 0.6) is 0 Å². The van der Waals surface area contributed by atoms with Gasteiger partial charge in [0.25, 0.3) is 0 Å². The third-order valence-corrected chi connectivity index (χ3v) is 5.40. The number of rotatable bonds is 3. The van der Waals surface area contributed by atoms with E-state index >= 15 is 0 Å². The van der Waals surface area contributed by atoms with Crippen molar-refractivity contribution in [1.29, 1.82) is 0 Å². The second kappa shape index (κ2) is 6.86. The molecule has 2 fully saturated rings. The summed E-state index contributed by atoms with van der Waals surface area (Å²) in [4.78, 5) is 0. The highest BCUT2D eigenvalue weighted by Gasteiger charge is 2.35. The van der Waals surface area contributed by atoms with Crippen molar-refractivity contribution < 1.29 is 0 Å². The highest BCUT2D eigenvalue weighted by molar-refractivity contribution is 5.22. The SMILES string of the molecule is c1ccc(C2CCCCN2N2CCC[C@H]2c2ccccc2)cc1. The van der Waals surface area contributed by atoms with E-state index in [1.165, 1.54) is 56.3 Å². The van der Waals surface area contributed by atoms with Gasteiger partial charge < -0.3 is 0 Å². The Bertz CT molecular complexity index is 610. The van der Waals surface area contributed by atoms with Crippen LogP contribution in [0.25, 0.3) is 0 Å². The molecule has 2 heteroatoms. The van der Waals surface area contributed by atoms with Crippen molar-refractivity contribution in [3.05, 3.63) is 71.8 Å². The van der Waals surface area contributed by atoms with Gasteiger partial charge in [-0.15, -0.1) is 0 Å². The Morgan fingerprint density at radius 2 is 1.04 bits per heavy atom. The smallest absolute Gasteiger partial charge is 0.0496 e. The molecule has 2 atom stereocenters. The van der Waals surface area contributed by atoms with Gasteiger partial charge in [0.15, 0.2) is 0 Å². The summed E-state index contributed by atoms with van der Waals surface area (Å²) in [5, 5.41) is 5.36. The molecule has 0 bridgehead atoms. The normalized spacial score (nSPS) is 26.4. The molecule has 1 unspecified atom stereocenters. The molecule has 0 aromatic heterocycles. The van der Waals surface area contributed by atoms with Crippen molar-refractivity contribution in [1.82, 2.24) is 10.0 Å². The van der Waals surface area contributed by atoms with Gasteiger partial charge in [0.1, 0.15) is 0 Å². The van der Waals surface area contributed by atoms with E-state index in [1.54, 1.807) is 0 Å². The van der Waals surface area contributed by atoms with Crippen LogP contribution in [0.4, 0.5) is 0 Å². The van der Waals surface area contributed by atoms with Crippen LogP contribution in [0.3, 0.4) is 0 Å². The molecule has 0 spiro atoms. The zero-order valence-electron chi connectivity index (χ0n) is 13.8. The van der Waals surface area contributed by atoms with E-state index in [2.05, 4.69) is 70.7 Å². The molecule has 2 aromatic carbocycles. The lowest BCUT2D eigenvalue weighted by molar-refractivity contribution is -0.0905. The van der Waals surface area contributed by atoms with E-state index in [0.717, 1.165) is 0 Å². The van der Waals surface area contributed by atoms with Crippen LogP contribution < -0.4 is 0 Å². The largest absolute Gasteiger partial charge is 0.234 e. The molecule has 23 heavy (non-hydrogen) atoms. The van der Waals surface area contributed by atoms with Gasteiger partial charge in [-0.05, 0) is 36.8 Å². The first-order valence-electron chi connectivity index (χ1n) is 9.06. The number of nitrogens with zero attached hydrogens (tertiary/aromatic N) is 2. The molecule has 0 radical (unpaired) electrons. The van der Waals surface area contributed by atoms with Gasteiger partial charge in [0, 0.05) is 25.2 Å². The molecule has 2 aliphatic rings. The van der Waals surface area contributed by atoms with Crippen molar-refractivity contribution in [3.8, 4) is 0 Å². The predicted molar refractivity (Wildman–Crippen MR) is 94.9 cm³/mol. The standard InChI is InChI=1S/C21H26N2/c1-3-10-18(11-4-1)20-14-7-8-16-22(20)23-17-9-15-21(23)19-12-5-2-6-13-19/h1-6,10-13,20-21H,7-9,14-17H2/t20?,21-/m0/s1. The Labute approximate surface area is 139 Å². The molecule has 0 N–H and O–H groups in total. The Balaban J connectivity index is 1.61. The molecule has 2 aromatic rings. The zero-order valence-corrected chi connectivity index (χ0v) is 13.8. The summed E-state index contributed by atoms with van der Waals surface area (Å²) in [5.74, 6) is 0. The molecule has 4 rings (SSSR count). The lowest BCUT2D eigenvalue weighted by atomic mass is 9.96. The third kappa shape index (κ3) is 3.06. The second-order valence-corrected chi connectivity index (χ2v) is 6.82. The van der Waals surface area contributed by atoms with E-state index < -0.39 is 0 Å². The quantitative estimate of drug-likeness (QED) is 0.790. The molecule has 2 aliphatic heterocycles. The van der Waals surface area contributed by atoms with Crippen LogP contribution in [0.1, 0.15) is 55.3 Å². The highest BCUT2D eigenvalue weighted by atomic mass is 15.7. The average molecular weight is 306 g/mol. The van der Waals surface area contributed by atoms with E-state index in [4.69, 9.17) is 0 Å². The average Bonchev–Trinajstić information content (AvgIpc) is 3.13. The molecule has 0 amide bonds. The lowest BCUT2D eigenvalue weighted by Gasteiger charge is -2.44. The second-order valence-electron chi connectivity index (χ2n) is 6.82. The van der Waals surface area contributed by atoms with Gasteiger partial charge in [-0.1, -0.05) is 67.1 Å². The number of hydrogen-bond donors (Lipinski definition) is 0. The Morgan fingerprint density at radius 3 is 1.61 bits per heavy atom. The maximum Gasteiger partial charge on any atom is 0.0496 e. The van der Waals surface area contributed by atoms with Crippen LogP contribution in [0.15, 0.2) is 60.7 Å². The van der Waals surface area contributed by atoms with Crippen LogP contribution in [0, 0.1) is 0 Å². The molecule has 2 nitrogen and oxygen atoms in total. The summed E-state index contributed by atoms with van der Waals surface area (Å²) in [6.07, 6.45) is 6.53. The van der Waals surface area contributed by atoms with Crippen molar-refractivity contribution in [2.75, 3.05) is 13.1 Å². The molecule has 2 heterocycles. The van der Waals surface area contributed by atoms with Crippen LogP contribution in [-0.2, 0) is 0 Å². The maximum absolute atomic E-state index is 2.68. The molecule has 0 aliphatic carbocycles. The summed E-state index contributed by atoms with van der Waals surface area (Å²) in [6, 6.07) is 23.3. The Hall–Kier alpha value is -1.64. The van der Waals surface area contributed by atoms with Crippen molar-refractivity contribution >= 4 is 0 Å². The summed E-state index contributed by atoms with van der Waals surface area (Å²) < 4.78 is 0. The third-order valence-electron chi connectivity index (χ3n) is 5.40. The Kier molecular flexibility index (Phi) is 4.45. The van der Waals surface area contributed by atoms with Gasteiger partial charge in [0.2, 0.25) is 0 Å². The topological polar surface area (TPSA) is 6.48 Å². The van der Waals surface area contributed by atoms with Gasteiger partial charge in [0.05, 0.1) is 0 Å². The van der Waals surface area contributed by atoms with E-state index in [1.807, 2.05) is 0 Å². The molecule has 2 saturated heterocycles. The predicted octanol–water partition coefficient (Wildman–Crippen LogP) is 4.97. The molecule has 0 saturated carbocycles. The number of piperidine rings is 1. The van der Waals surface area contributed by atoms with Gasteiger partial charge in [-0.2, -0.15) is 0 Å². The minimum atomic E-state index is 0.550. The monoisotopic (exact) mass is 306 g/mol. The van der Waals surface area contributed by atoms with Gasteiger partial charge in [-0.25, -0.2) is 10.0 Å². The van der Waals surface area contributed by atoms with Crippen LogP contribution in [-0.4, -0.2) is 23.1 Å². The Morgan fingerprint density at radius 1 is 0.565 bits per heavy atom. The van der Waals surface area contributed by atoms with Crippen LogP contribution in [0.2, 0.25) is 0 Å². The first-order chi connectivity index (χ1) is 11.4. The zero-order chi connectivity index (χ0) is 15.5. The minimum Gasteiger partial charge on any atom is -0.234 e. The molecular formula is C21H26N2. The van der Waals surface area contributed by atoms with E-state index in [9.17, 15) is 0 Å². The molecule has 120 valence electrons. The van der Waals surface area contributed by atoms with Gasteiger partial charge >= 0.3 is 0 Å². The molecular weight excluding hydrogens is 280 g/mol.